The number of fused-ring (bicyclic) bond motifs is 2. The molecule has 374 valence electrons. The second-order valence-corrected chi connectivity index (χ2v) is 22.6. The molecule has 0 heterocycles. The molecule has 2 saturated carbocycles. The Morgan fingerprint density at radius 1 is 0.627 bits per heavy atom. The van der Waals surface area contributed by atoms with Crippen molar-refractivity contribution in [2.24, 2.45) is 28.4 Å². The summed E-state index contributed by atoms with van der Waals surface area (Å²) in [5.41, 5.74) is 4.72. The molecule has 4 aromatic rings. The smallest absolute Gasteiger partial charge is 0.420 e. The van der Waals surface area contributed by atoms with Gasteiger partial charge in [0, 0.05) is 25.2 Å². The van der Waals surface area contributed by atoms with Crippen LogP contribution in [-0.2, 0) is 39.1 Å². The summed E-state index contributed by atoms with van der Waals surface area (Å²) < 4.78 is 153. The van der Waals surface area contributed by atoms with Crippen molar-refractivity contribution in [3.63, 3.8) is 0 Å². The molecule has 0 saturated heterocycles. The molecule has 0 aromatic heterocycles. The highest BCUT2D eigenvalue weighted by Crippen LogP contribution is 2.46. The fraction of sp³-hybridized carbons (Fsp3) is 0.562. The van der Waals surface area contributed by atoms with Gasteiger partial charge in [-0.3, -0.25) is 13.9 Å². The van der Waals surface area contributed by atoms with E-state index in [0.29, 0.717) is 40.0 Å². The van der Waals surface area contributed by atoms with E-state index in [4.69, 9.17) is 24.3 Å². The predicted molar refractivity (Wildman–Crippen MR) is 249 cm³/mol. The zero-order valence-corrected chi connectivity index (χ0v) is 40.4. The van der Waals surface area contributed by atoms with Crippen LogP contribution in [0, 0.1) is 22.7 Å². The maximum atomic E-state index is 14.0. The van der Waals surface area contributed by atoms with Gasteiger partial charge in [-0.05, 0) is 125 Å². The topological polar surface area (TPSA) is 182 Å². The maximum absolute atomic E-state index is 14.0. The van der Waals surface area contributed by atoms with Gasteiger partial charge >= 0.3 is 12.4 Å². The fourth-order valence-corrected chi connectivity index (χ4v) is 9.39. The Kier molecular flexibility index (Phi) is 18.8. The van der Waals surface area contributed by atoms with Crippen LogP contribution in [0.25, 0.3) is 21.5 Å². The number of benzene rings is 4. The average molecular weight is 991 g/mol. The lowest BCUT2D eigenvalue weighted by Gasteiger charge is -2.37. The Bertz CT molecular complexity index is 2500. The molecule has 2 fully saturated rings. The highest BCUT2D eigenvalue weighted by atomic mass is 32.2. The molecule has 2 aliphatic carbocycles. The molecule has 0 amide bonds. The zero-order chi connectivity index (χ0) is 50.2. The Morgan fingerprint density at radius 2 is 1.04 bits per heavy atom. The van der Waals surface area contributed by atoms with Crippen LogP contribution in [0.5, 0.6) is 11.5 Å². The molecule has 19 heteroatoms. The summed E-state index contributed by atoms with van der Waals surface area (Å²) in [5.74, 6) is 0.0733. The van der Waals surface area contributed by atoms with E-state index in [2.05, 4.69) is 46.9 Å². The van der Waals surface area contributed by atoms with Gasteiger partial charge in [-0.1, -0.05) is 77.9 Å². The number of hydrogen-bond acceptors (Lipinski definition) is 9. The maximum Gasteiger partial charge on any atom is 0.420 e. The summed E-state index contributed by atoms with van der Waals surface area (Å²) in [6.45, 7) is 13.5. The van der Waals surface area contributed by atoms with E-state index in [1.165, 1.54) is 36.4 Å². The number of alkyl halides is 6. The van der Waals surface area contributed by atoms with E-state index in [0.717, 1.165) is 51.4 Å². The van der Waals surface area contributed by atoms with Crippen molar-refractivity contribution >= 4 is 48.1 Å². The molecule has 0 aliphatic heterocycles. The van der Waals surface area contributed by atoms with E-state index >= 15 is 0 Å². The molecule has 67 heavy (non-hydrogen) atoms. The second kappa shape index (κ2) is 22.6. The number of aldehydes is 1. The largest absolute Gasteiger partial charge is 0.490 e. The number of carbonyl (C=O) groups is 1. The van der Waals surface area contributed by atoms with E-state index < -0.39 is 49.5 Å². The number of halogens is 6. The quantitative estimate of drug-likeness (QED) is 0.0459. The van der Waals surface area contributed by atoms with Crippen LogP contribution in [0.15, 0.2) is 60.7 Å². The van der Waals surface area contributed by atoms with Crippen molar-refractivity contribution in [1.82, 2.24) is 5.32 Å². The van der Waals surface area contributed by atoms with Crippen LogP contribution in [0.1, 0.15) is 120 Å². The lowest BCUT2D eigenvalue weighted by atomic mass is 9.72. The standard InChI is InChI=1S/C24H32F3NO4S.C22H25F3O2.C2H7NO3S/c1-23(2,3)18-6-8-19(9-7-18)32-21-11-5-17-14-16(15-28-12-13-33(29,30)31)4-10-20(17)22(21)24(25,26)27;1-21(2,3)16-6-8-17(9-7-16)27-19-11-5-15-12-14(13-26)4-10-18(15)20(19)22(23,24)25;3-1-2-7(4,5)6/h4-5,10-11,14,18-19,28H,6-9,12-13,15H2,1-3H3,(H,29,30,31);4-5,10-13,16-17H,6-9H2,1-3H3;1-3H2,(H,4,5,6). The van der Waals surface area contributed by atoms with Gasteiger partial charge in [0.1, 0.15) is 28.9 Å². The fourth-order valence-electron chi connectivity index (χ4n) is 8.69. The number of rotatable bonds is 12. The second-order valence-electron chi connectivity index (χ2n) is 19.5. The first-order valence-corrected chi connectivity index (χ1v) is 25.5. The van der Waals surface area contributed by atoms with E-state index in [1.54, 1.807) is 24.3 Å². The molecule has 2 aliphatic rings. The first-order valence-electron chi connectivity index (χ1n) is 22.3. The van der Waals surface area contributed by atoms with Gasteiger partial charge < -0.3 is 20.5 Å². The Balaban J connectivity index is 0.000000260. The Hall–Kier alpha value is -4.01. The summed E-state index contributed by atoms with van der Waals surface area (Å²) in [4.78, 5) is 10.9. The third kappa shape index (κ3) is 17.2. The minimum atomic E-state index is -4.56. The van der Waals surface area contributed by atoms with Gasteiger partial charge in [-0.2, -0.15) is 43.2 Å². The Labute approximate surface area is 390 Å². The van der Waals surface area contributed by atoms with E-state index in [1.807, 2.05) is 0 Å². The van der Waals surface area contributed by atoms with Crippen molar-refractivity contribution in [2.45, 2.75) is 124 Å². The molecule has 0 bridgehead atoms. The van der Waals surface area contributed by atoms with Gasteiger partial charge in [0.2, 0.25) is 0 Å². The van der Waals surface area contributed by atoms with Crippen LogP contribution in [0.2, 0.25) is 0 Å². The average Bonchev–Trinajstić information content (AvgIpc) is 3.20. The van der Waals surface area contributed by atoms with Crippen molar-refractivity contribution in [3.8, 4) is 11.5 Å². The first kappa shape index (κ1) is 55.6. The summed E-state index contributed by atoms with van der Waals surface area (Å²) in [7, 11) is -7.86. The Morgan fingerprint density at radius 3 is 1.40 bits per heavy atom. The van der Waals surface area contributed by atoms with Gasteiger partial charge in [-0.15, -0.1) is 0 Å². The summed E-state index contributed by atoms with van der Waals surface area (Å²) in [6, 6.07) is 14.9. The van der Waals surface area contributed by atoms with Crippen molar-refractivity contribution < 1.29 is 66.6 Å². The molecule has 5 N–H and O–H groups in total. The third-order valence-corrected chi connectivity index (χ3v) is 13.9. The van der Waals surface area contributed by atoms with Gasteiger partial charge in [0.05, 0.1) is 23.7 Å². The normalized spacial score (nSPS) is 19.7. The highest BCUT2D eigenvalue weighted by molar-refractivity contribution is 7.86. The highest BCUT2D eigenvalue weighted by Gasteiger charge is 2.40. The number of nitrogens with one attached hydrogen (secondary N) is 1. The molecule has 4 aromatic carbocycles. The first-order chi connectivity index (χ1) is 30.9. The molecule has 0 spiro atoms. The number of ether oxygens (including phenoxy) is 2. The van der Waals surface area contributed by atoms with Crippen molar-refractivity contribution in [1.29, 1.82) is 0 Å². The van der Waals surface area contributed by atoms with E-state index in [9.17, 15) is 48.0 Å². The van der Waals surface area contributed by atoms with Crippen LogP contribution in [0.4, 0.5) is 26.3 Å². The zero-order valence-electron chi connectivity index (χ0n) is 38.8. The minimum absolute atomic E-state index is 0.0289. The molecule has 0 unspecified atom stereocenters. The summed E-state index contributed by atoms with van der Waals surface area (Å²) >= 11 is 0. The monoisotopic (exact) mass is 990 g/mol. The molecule has 6 rings (SSSR count). The van der Waals surface area contributed by atoms with Crippen LogP contribution in [0.3, 0.4) is 0 Å². The lowest BCUT2D eigenvalue weighted by molar-refractivity contribution is -0.139. The van der Waals surface area contributed by atoms with E-state index in [-0.39, 0.29) is 70.7 Å². The number of carbonyl (C=O) groups excluding carboxylic acids is 1. The molecule has 11 nitrogen and oxygen atoms in total. The number of hydrogen-bond donors (Lipinski definition) is 4. The molecule has 0 radical (unpaired) electrons. The number of nitrogens with two attached hydrogens (primary N) is 1. The van der Waals surface area contributed by atoms with Gasteiger partial charge in [0.25, 0.3) is 20.2 Å². The van der Waals surface area contributed by atoms with Gasteiger partial charge in [-0.25, -0.2) is 0 Å². The third-order valence-electron chi connectivity index (χ3n) is 12.4. The van der Waals surface area contributed by atoms with Gasteiger partial charge in [0.15, 0.2) is 0 Å². The summed E-state index contributed by atoms with van der Waals surface area (Å²) in [5, 5.41) is 3.81. The van der Waals surface area contributed by atoms with Crippen LogP contribution >= 0.6 is 0 Å². The predicted octanol–water partition coefficient (Wildman–Crippen LogP) is 11.3. The summed E-state index contributed by atoms with van der Waals surface area (Å²) in [6.07, 6.45) is -2.06. The SMILES string of the molecule is CC(C)(C)C1CCC(Oc2ccc3cc(C=O)ccc3c2C(F)(F)F)CC1.CC(C)(C)C1CCC(Oc2ccc3cc(CNCCS(=O)(=O)O)ccc3c2C(F)(F)F)CC1.NCCS(=O)(=O)O. The van der Waals surface area contributed by atoms with Crippen LogP contribution in [-0.4, -0.2) is 69.0 Å². The molecular weight excluding hydrogens is 927 g/mol. The molecule has 0 atom stereocenters. The lowest BCUT2D eigenvalue weighted by Crippen LogP contribution is -2.31. The molecular formula is C48H64F6N2O9S2. The minimum Gasteiger partial charge on any atom is -0.490 e. The van der Waals surface area contributed by atoms with Crippen molar-refractivity contribution in [3.05, 3.63) is 82.9 Å². The van der Waals surface area contributed by atoms with Crippen molar-refractivity contribution in [2.75, 3.05) is 24.6 Å². The van der Waals surface area contributed by atoms with Crippen LogP contribution < -0.4 is 20.5 Å².